The second kappa shape index (κ2) is 5.83. The molecule has 1 heterocycles. The number of methoxy groups -OCH3 is 1. The first-order valence-corrected chi connectivity index (χ1v) is 5.01. The highest BCUT2D eigenvalue weighted by Gasteiger charge is 2.12. The standard InChI is InChI=1S/C11H19NO2/c1-9(13-3)6-7-10(12-2)11-5-4-8-14-11/h4-5,8-10,12H,6-7H2,1-3H3. The summed E-state index contributed by atoms with van der Waals surface area (Å²) in [6.07, 6.45) is 4.07. The van der Waals surface area contributed by atoms with E-state index in [1.54, 1.807) is 13.4 Å². The van der Waals surface area contributed by atoms with Crippen LogP contribution in [-0.4, -0.2) is 20.3 Å². The molecule has 80 valence electrons. The Balaban J connectivity index is 2.40. The fourth-order valence-electron chi connectivity index (χ4n) is 1.44. The van der Waals surface area contributed by atoms with Crippen molar-refractivity contribution in [2.24, 2.45) is 0 Å². The monoisotopic (exact) mass is 197 g/mol. The zero-order valence-corrected chi connectivity index (χ0v) is 9.12. The van der Waals surface area contributed by atoms with Gasteiger partial charge in [0.05, 0.1) is 18.4 Å². The largest absolute Gasteiger partial charge is 0.468 e. The Morgan fingerprint density at radius 2 is 2.29 bits per heavy atom. The summed E-state index contributed by atoms with van der Waals surface area (Å²) in [5, 5.41) is 3.23. The van der Waals surface area contributed by atoms with Gasteiger partial charge in [-0.05, 0) is 38.9 Å². The number of ether oxygens (including phenoxy) is 1. The van der Waals surface area contributed by atoms with Crippen LogP contribution in [0.1, 0.15) is 31.6 Å². The van der Waals surface area contributed by atoms with Gasteiger partial charge in [-0.2, -0.15) is 0 Å². The van der Waals surface area contributed by atoms with E-state index in [1.807, 2.05) is 19.2 Å². The molecule has 2 unspecified atom stereocenters. The van der Waals surface area contributed by atoms with Gasteiger partial charge in [0.2, 0.25) is 0 Å². The van der Waals surface area contributed by atoms with Gasteiger partial charge in [0.15, 0.2) is 0 Å². The summed E-state index contributed by atoms with van der Waals surface area (Å²) in [5.41, 5.74) is 0. The molecule has 0 saturated heterocycles. The molecule has 3 nitrogen and oxygen atoms in total. The van der Waals surface area contributed by atoms with Crippen LogP contribution in [0.25, 0.3) is 0 Å². The maximum Gasteiger partial charge on any atom is 0.120 e. The molecule has 0 amide bonds. The fourth-order valence-corrected chi connectivity index (χ4v) is 1.44. The van der Waals surface area contributed by atoms with Crippen molar-refractivity contribution in [3.8, 4) is 0 Å². The lowest BCUT2D eigenvalue weighted by Gasteiger charge is -2.15. The molecule has 0 aliphatic carbocycles. The molecule has 0 saturated carbocycles. The predicted octanol–water partition coefficient (Wildman–Crippen LogP) is 2.36. The maximum atomic E-state index is 5.35. The average Bonchev–Trinajstić information content (AvgIpc) is 2.72. The van der Waals surface area contributed by atoms with Crippen molar-refractivity contribution in [3.05, 3.63) is 24.2 Å². The van der Waals surface area contributed by atoms with E-state index < -0.39 is 0 Å². The molecule has 3 heteroatoms. The zero-order valence-electron chi connectivity index (χ0n) is 9.12. The predicted molar refractivity (Wildman–Crippen MR) is 56.2 cm³/mol. The third-order valence-corrected chi connectivity index (χ3v) is 2.50. The molecule has 14 heavy (non-hydrogen) atoms. The molecule has 2 atom stereocenters. The smallest absolute Gasteiger partial charge is 0.120 e. The third-order valence-electron chi connectivity index (χ3n) is 2.50. The summed E-state index contributed by atoms with van der Waals surface area (Å²) >= 11 is 0. The van der Waals surface area contributed by atoms with Crippen LogP contribution < -0.4 is 5.32 Å². The van der Waals surface area contributed by atoms with Crippen LogP contribution in [0.15, 0.2) is 22.8 Å². The lowest BCUT2D eigenvalue weighted by atomic mass is 10.1. The first-order chi connectivity index (χ1) is 6.77. The number of hydrogen-bond donors (Lipinski definition) is 1. The molecular formula is C11H19NO2. The summed E-state index contributed by atoms with van der Waals surface area (Å²) in [5.74, 6) is 0.996. The third kappa shape index (κ3) is 3.16. The Kier molecular flexibility index (Phi) is 4.70. The quantitative estimate of drug-likeness (QED) is 0.760. The summed E-state index contributed by atoms with van der Waals surface area (Å²) < 4.78 is 10.6. The van der Waals surface area contributed by atoms with Gasteiger partial charge in [0.1, 0.15) is 5.76 Å². The highest BCUT2D eigenvalue weighted by atomic mass is 16.5. The number of nitrogens with one attached hydrogen (secondary N) is 1. The van der Waals surface area contributed by atoms with Gasteiger partial charge in [-0.15, -0.1) is 0 Å². The normalized spacial score (nSPS) is 15.4. The minimum atomic E-state index is 0.294. The number of rotatable bonds is 6. The fraction of sp³-hybridized carbons (Fsp3) is 0.636. The summed E-state index contributed by atoms with van der Waals surface area (Å²) in [6.45, 7) is 2.08. The first kappa shape index (κ1) is 11.3. The number of furan rings is 1. The van der Waals surface area contributed by atoms with Crippen molar-refractivity contribution < 1.29 is 9.15 Å². The van der Waals surface area contributed by atoms with Crippen LogP contribution >= 0.6 is 0 Å². The molecule has 0 bridgehead atoms. The van der Waals surface area contributed by atoms with Crippen LogP contribution in [0.4, 0.5) is 0 Å². The topological polar surface area (TPSA) is 34.4 Å². The van der Waals surface area contributed by atoms with Crippen molar-refractivity contribution >= 4 is 0 Å². The first-order valence-electron chi connectivity index (χ1n) is 5.01. The van der Waals surface area contributed by atoms with Crippen molar-refractivity contribution in [2.75, 3.05) is 14.2 Å². The van der Waals surface area contributed by atoms with Crippen LogP contribution in [0, 0.1) is 0 Å². The van der Waals surface area contributed by atoms with Crippen LogP contribution in [0.5, 0.6) is 0 Å². The molecule has 1 aromatic rings. The Morgan fingerprint density at radius 1 is 1.50 bits per heavy atom. The van der Waals surface area contributed by atoms with Gasteiger partial charge >= 0.3 is 0 Å². The van der Waals surface area contributed by atoms with E-state index in [2.05, 4.69) is 12.2 Å². The van der Waals surface area contributed by atoms with Gasteiger partial charge in [-0.1, -0.05) is 0 Å². The maximum absolute atomic E-state index is 5.35. The number of hydrogen-bond acceptors (Lipinski definition) is 3. The molecular weight excluding hydrogens is 178 g/mol. The minimum absolute atomic E-state index is 0.294. The molecule has 0 fully saturated rings. The summed E-state index contributed by atoms with van der Waals surface area (Å²) in [6, 6.07) is 4.21. The van der Waals surface area contributed by atoms with E-state index in [-0.39, 0.29) is 0 Å². The van der Waals surface area contributed by atoms with Gasteiger partial charge in [-0.3, -0.25) is 0 Å². The molecule has 0 spiro atoms. The summed E-state index contributed by atoms with van der Waals surface area (Å²) in [7, 11) is 3.69. The molecule has 0 aliphatic heterocycles. The van der Waals surface area contributed by atoms with Crippen molar-refractivity contribution in [1.29, 1.82) is 0 Å². The molecule has 1 aromatic heterocycles. The molecule has 1 N–H and O–H groups in total. The van der Waals surface area contributed by atoms with E-state index >= 15 is 0 Å². The van der Waals surface area contributed by atoms with E-state index in [0.717, 1.165) is 18.6 Å². The van der Waals surface area contributed by atoms with Gasteiger partial charge < -0.3 is 14.5 Å². The SMILES string of the molecule is CNC(CCC(C)OC)c1ccco1. The second-order valence-electron chi connectivity index (χ2n) is 3.48. The van der Waals surface area contributed by atoms with Gasteiger partial charge in [-0.25, -0.2) is 0 Å². The highest BCUT2D eigenvalue weighted by Crippen LogP contribution is 2.19. The lowest BCUT2D eigenvalue weighted by molar-refractivity contribution is 0.105. The van der Waals surface area contributed by atoms with E-state index in [0.29, 0.717) is 12.1 Å². The second-order valence-corrected chi connectivity index (χ2v) is 3.48. The van der Waals surface area contributed by atoms with E-state index in [1.165, 1.54) is 0 Å². The Morgan fingerprint density at radius 3 is 2.79 bits per heavy atom. The minimum Gasteiger partial charge on any atom is -0.468 e. The molecule has 0 radical (unpaired) electrons. The Bertz CT molecular complexity index is 233. The van der Waals surface area contributed by atoms with Crippen molar-refractivity contribution in [3.63, 3.8) is 0 Å². The summed E-state index contributed by atoms with van der Waals surface area (Å²) in [4.78, 5) is 0. The Labute approximate surface area is 85.4 Å². The molecule has 0 aliphatic rings. The Hall–Kier alpha value is -0.800. The van der Waals surface area contributed by atoms with Crippen molar-refractivity contribution in [2.45, 2.75) is 31.9 Å². The van der Waals surface area contributed by atoms with E-state index in [4.69, 9.17) is 9.15 Å². The van der Waals surface area contributed by atoms with Crippen LogP contribution in [0.3, 0.4) is 0 Å². The van der Waals surface area contributed by atoms with Crippen molar-refractivity contribution in [1.82, 2.24) is 5.32 Å². The zero-order chi connectivity index (χ0) is 10.4. The molecule has 0 aromatic carbocycles. The molecule has 1 rings (SSSR count). The van der Waals surface area contributed by atoms with Gasteiger partial charge in [0.25, 0.3) is 0 Å². The highest BCUT2D eigenvalue weighted by molar-refractivity contribution is 5.03. The van der Waals surface area contributed by atoms with E-state index in [9.17, 15) is 0 Å². The lowest BCUT2D eigenvalue weighted by Crippen LogP contribution is -2.18. The van der Waals surface area contributed by atoms with Crippen LogP contribution in [0.2, 0.25) is 0 Å². The van der Waals surface area contributed by atoms with Crippen LogP contribution in [-0.2, 0) is 4.74 Å². The average molecular weight is 197 g/mol. The van der Waals surface area contributed by atoms with Gasteiger partial charge in [0, 0.05) is 7.11 Å².